The van der Waals surface area contributed by atoms with Gasteiger partial charge in [0.25, 0.3) is 0 Å². The molecule has 0 aromatic heterocycles. The quantitative estimate of drug-likeness (QED) is 0.211. The predicted octanol–water partition coefficient (Wildman–Crippen LogP) is 5.60. The van der Waals surface area contributed by atoms with Gasteiger partial charge < -0.3 is 19.3 Å². The first-order valence-corrected chi connectivity index (χ1v) is 13.2. The van der Waals surface area contributed by atoms with Crippen molar-refractivity contribution in [2.75, 3.05) is 0 Å². The maximum atomic E-state index is 13.1. The summed E-state index contributed by atoms with van der Waals surface area (Å²) in [4.78, 5) is 38.7. The third kappa shape index (κ3) is 10.3. The molecule has 0 aliphatic heterocycles. The Balaban J connectivity index is 5.74. The molecular formula is C27H50O7. The van der Waals surface area contributed by atoms with Crippen molar-refractivity contribution in [2.45, 2.75) is 138 Å². The second-order valence-corrected chi connectivity index (χ2v) is 9.77. The fourth-order valence-corrected chi connectivity index (χ4v) is 3.95. The average Bonchev–Trinajstić information content (AvgIpc) is 2.82. The lowest BCUT2D eigenvalue weighted by atomic mass is 9.93. The molecule has 0 heterocycles. The molecule has 0 amide bonds. The molecule has 0 saturated carbocycles. The van der Waals surface area contributed by atoms with Crippen LogP contribution in [0.3, 0.4) is 0 Å². The third-order valence-corrected chi connectivity index (χ3v) is 7.12. The fraction of sp³-hybridized carbons (Fsp3) is 0.889. The van der Waals surface area contributed by atoms with Gasteiger partial charge in [-0.1, -0.05) is 81.6 Å². The van der Waals surface area contributed by atoms with E-state index in [1.54, 1.807) is 0 Å². The Morgan fingerprint density at radius 3 is 1.15 bits per heavy atom. The first kappa shape index (κ1) is 32.4. The second kappa shape index (κ2) is 16.1. The minimum Gasteiger partial charge on any atom is -0.462 e. The largest absolute Gasteiger partial charge is 0.462 e. The zero-order valence-corrected chi connectivity index (χ0v) is 23.0. The van der Waals surface area contributed by atoms with Crippen molar-refractivity contribution >= 4 is 17.9 Å². The van der Waals surface area contributed by atoms with Crippen molar-refractivity contribution in [1.82, 2.24) is 0 Å². The van der Waals surface area contributed by atoms with E-state index in [2.05, 4.69) is 0 Å². The van der Waals surface area contributed by atoms with Gasteiger partial charge in [0.05, 0.1) is 12.8 Å². The van der Waals surface area contributed by atoms with Crippen molar-refractivity contribution in [3.63, 3.8) is 0 Å². The number of ether oxygens (including phenoxy) is 3. The number of rotatable bonds is 17. The lowest BCUT2D eigenvalue weighted by molar-refractivity contribution is -0.186. The van der Waals surface area contributed by atoms with Crippen LogP contribution >= 0.6 is 0 Å². The van der Waals surface area contributed by atoms with Gasteiger partial charge in [0.15, 0.2) is 5.60 Å². The van der Waals surface area contributed by atoms with E-state index in [4.69, 9.17) is 14.2 Å². The zero-order valence-electron chi connectivity index (χ0n) is 23.0. The molecule has 0 radical (unpaired) electrons. The predicted molar refractivity (Wildman–Crippen MR) is 133 cm³/mol. The highest BCUT2D eigenvalue weighted by Gasteiger charge is 2.45. The Hall–Kier alpha value is -1.63. The fourth-order valence-electron chi connectivity index (χ4n) is 3.95. The summed E-state index contributed by atoms with van der Waals surface area (Å²) in [6.45, 7) is 17.6. The number of aliphatic hydroxyl groups is 1. The van der Waals surface area contributed by atoms with Gasteiger partial charge in [0.1, 0.15) is 18.3 Å². The summed E-state index contributed by atoms with van der Waals surface area (Å²) in [6, 6.07) is 0. The van der Waals surface area contributed by atoms with Gasteiger partial charge in [-0.3, -0.25) is 9.59 Å². The van der Waals surface area contributed by atoms with E-state index in [0.29, 0.717) is 19.3 Å². The van der Waals surface area contributed by atoms with Crippen LogP contribution in [0.2, 0.25) is 0 Å². The van der Waals surface area contributed by atoms with E-state index >= 15 is 0 Å². The van der Waals surface area contributed by atoms with Crippen LogP contribution in [0.15, 0.2) is 0 Å². The molecular weight excluding hydrogens is 436 g/mol. The summed E-state index contributed by atoms with van der Waals surface area (Å²) in [7, 11) is 0. The average molecular weight is 487 g/mol. The van der Waals surface area contributed by atoms with E-state index in [1.165, 1.54) is 0 Å². The van der Waals surface area contributed by atoms with Gasteiger partial charge in [-0.05, 0) is 37.0 Å². The lowest BCUT2D eigenvalue weighted by Crippen LogP contribution is -2.47. The molecule has 200 valence electrons. The maximum Gasteiger partial charge on any atom is 0.339 e. The summed E-state index contributed by atoms with van der Waals surface area (Å²) >= 11 is 0. The zero-order chi connectivity index (χ0) is 26.5. The second-order valence-electron chi connectivity index (χ2n) is 9.77. The molecule has 6 atom stereocenters. The molecule has 7 nitrogen and oxygen atoms in total. The first-order chi connectivity index (χ1) is 15.9. The molecule has 1 N–H and O–H groups in total. The molecule has 34 heavy (non-hydrogen) atoms. The van der Waals surface area contributed by atoms with Crippen molar-refractivity contribution in [3.05, 3.63) is 0 Å². The standard InChI is InChI=1S/C27H50O7/c1-10-18(7)21(13-4)32-24(28)16-27(31,26(30)34-23(15-6)20(9)12-3)17-25(29)33-22(14-5)19(8)11-2/h18-23,31H,10-17H2,1-9H3. The summed E-state index contributed by atoms with van der Waals surface area (Å²) in [6.07, 6.45) is 1.81. The highest BCUT2D eigenvalue weighted by atomic mass is 16.6. The highest BCUT2D eigenvalue weighted by Crippen LogP contribution is 2.26. The van der Waals surface area contributed by atoms with E-state index in [1.807, 2.05) is 62.3 Å². The maximum absolute atomic E-state index is 13.1. The van der Waals surface area contributed by atoms with Crippen LogP contribution in [-0.2, 0) is 28.6 Å². The van der Waals surface area contributed by atoms with Crippen LogP contribution in [0.25, 0.3) is 0 Å². The van der Waals surface area contributed by atoms with Crippen molar-refractivity contribution in [2.24, 2.45) is 17.8 Å². The number of hydrogen-bond donors (Lipinski definition) is 1. The van der Waals surface area contributed by atoms with Gasteiger partial charge in [0, 0.05) is 0 Å². The topological polar surface area (TPSA) is 99.1 Å². The molecule has 0 fully saturated rings. The minimum absolute atomic E-state index is 0.0712. The molecule has 0 aromatic rings. The molecule has 0 aliphatic rings. The van der Waals surface area contributed by atoms with Crippen LogP contribution in [0.1, 0.15) is 114 Å². The summed E-state index contributed by atoms with van der Waals surface area (Å²) < 4.78 is 16.8. The van der Waals surface area contributed by atoms with Crippen LogP contribution in [0.5, 0.6) is 0 Å². The summed E-state index contributed by atoms with van der Waals surface area (Å²) in [5.41, 5.74) is -2.35. The number of carbonyl (C=O) groups is 3. The smallest absolute Gasteiger partial charge is 0.339 e. The molecule has 0 aliphatic carbocycles. The SMILES string of the molecule is CCC(C)C(CC)OC(=O)CC(O)(CC(=O)OC(CC)C(C)CC)C(=O)OC(CC)C(C)CC. The Labute approximate surface area is 207 Å². The van der Waals surface area contributed by atoms with Gasteiger partial charge in [-0.15, -0.1) is 0 Å². The van der Waals surface area contributed by atoms with Gasteiger partial charge >= 0.3 is 17.9 Å². The Morgan fingerprint density at radius 2 is 0.882 bits per heavy atom. The number of esters is 3. The molecule has 0 aromatic carbocycles. The van der Waals surface area contributed by atoms with E-state index in [-0.39, 0.29) is 30.0 Å². The Bertz CT molecular complexity index is 584. The van der Waals surface area contributed by atoms with Crippen LogP contribution in [-0.4, -0.2) is 46.9 Å². The minimum atomic E-state index is -2.35. The lowest BCUT2D eigenvalue weighted by Gasteiger charge is -2.31. The van der Waals surface area contributed by atoms with Crippen LogP contribution in [0, 0.1) is 17.8 Å². The normalized spacial score (nSPS) is 18.5. The van der Waals surface area contributed by atoms with Crippen LogP contribution in [0.4, 0.5) is 0 Å². The molecule has 7 heteroatoms. The highest BCUT2D eigenvalue weighted by molar-refractivity contribution is 5.90. The van der Waals surface area contributed by atoms with Gasteiger partial charge in [-0.25, -0.2) is 4.79 Å². The first-order valence-electron chi connectivity index (χ1n) is 13.2. The van der Waals surface area contributed by atoms with Crippen molar-refractivity contribution in [1.29, 1.82) is 0 Å². The molecule has 6 unspecified atom stereocenters. The summed E-state index contributed by atoms with van der Waals surface area (Å²) in [5, 5.41) is 11.3. The van der Waals surface area contributed by atoms with Crippen LogP contribution < -0.4 is 0 Å². The van der Waals surface area contributed by atoms with E-state index in [9.17, 15) is 19.5 Å². The van der Waals surface area contributed by atoms with Crippen molar-refractivity contribution < 1.29 is 33.7 Å². The third-order valence-electron chi connectivity index (χ3n) is 7.12. The van der Waals surface area contributed by atoms with E-state index < -0.39 is 42.5 Å². The number of hydrogen-bond acceptors (Lipinski definition) is 7. The molecule has 0 spiro atoms. The molecule has 0 saturated heterocycles. The molecule has 0 rings (SSSR count). The Kier molecular flexibility index (Phi) is 15.3. The Morgan fingerprint density at radius 1 is 0.588 bits per heavy atom. The monoisotopic (exact) mass is 486 g/mol. The van der Waals surface area contributed by atoms with E-state index in [0.717, 1.165) is 19.3 Å². The summed E-state index contributed by atoms with van der Waals surface area (Å²) in [5.74, 6) is -2.11. The van der Waals surface area contributed by atoms with Gasteiger partial charge in [-0.2, -0.15) is 0 Å². The number of carbonyl (C=O) groups excluding carboxylic acids is 3. The molecule has 0 bridgehead atoms. The van der Waals surface area contributed by atoms with Crippen molar-refractivity contribution in [3.8, 4) is 0 Å². The van der Waals surface area contributed by atoms with Gasteiger partial charge in [0.2, 0.25) is 0 Å².